The fourth-order valence-electron chi connectivity index (χ4n) is 0.774. The van der Waals surface area contributed by atoms with Gasteiger partial charge in [0.25, 0.3) is 0 Å². The molecule has 0 atom stereocenters. The molecule has 0 fully saturated rings. The number of hydrogen-bond donors (Lipinski definition) is 2. The van der Waals surface area contributed by atoms with Crippen molar-refractivity contribution in [2.75, 3.05) is 13.2 Å². The molecule has 0 spiro atoms. The Balaban J connectivity index is 3.02. The third-order valence-corrected chi connectivity index (χ3v) is 1.36. The van der Waals surface area contributed by atoms with E-state index in [1.807, 2.05) is 0 Å². The highest BCUT2D eigenvalue weighted by molar-refractivity contribution is 6.12. The topological polar surface area (TPSA) is 83.8 Å². The van der Waals surface area contributed by atoms with Gasteiger partial charge >= 0.3 is 11.9 Å². The number of hydrogen-bond acceptors (Lipinski definition) is 5. The largest absolute Gasteiger partial charge is 0.391 e. The van der Waals surface area contributed by atoms with Crippen molar-refractivity contribution in [2.45, 2.75) is 0 Å². The lowest BCUT2D eigenvalue weighted by atomic mass is 10.2. The van der Waals surface area contributed by atoms with Gasteiger partial charge in [-0.15, -0.1) is 0 Å². The van der Waals surface area contributed by atoms with Crippen LogP contribution in [0.4, 0.5) is 0 Å². The number of esters is 2. The lowest BCUT2D eigenvalue weighted by Gasteiger charge is -1.90. The molecule has 0 amide bonds. The van der Waals surface area contributed by atoms with Crippen molar-refractivity contribution in [1.29, 1.82) is 0 Å². The summed E-state index contributed by atoms with van der Waals surface area (Å²) in [6, 6.07) is 0. The van der Waals surface area contributed by atoms with Crippen molar-refractivity contribution < 1.29 is 24.5 Å². The average molecular weight is 158 g/mol. The monoisotopic (exact) mass is 158 g/mol. The first-order chi connectivity index (χ1) is 5.20. The van der Waals surface area contributed by atoms with Gasteiger partial charge in [0.05, 0.1) is 24.4 Å². The zero-order chi connectivity index (χ0) is 8.43. The maximum Gasteiger partial charge on any atom is 0.344 e. The molecular formula is C6H6O5. The number of aliphatic hydroxyl groups excluding tert-OH is 2. The van der Waals surface area contributed by atoms with Crippen LogP contribution in [0.2, 0.25) is 0 Å². The van der Waals surface area contributed by atoms with E-state index in [9.17, 15) is 9.59 Å². The molecule has 60 valence electrons. The van der Waals surface area contributed by atoms with Crippen LogP contribution in [0.15, 0.2) is 11.1 Å². The second-order valence-electron chi connectivity index (χ2n) is 1.95. The fraction of sp³-hybridized carbons (Fsp3) is 0.333. The molecule has 0 aliphatic carbocycles. The van der Waals surface area contributed by atoms with Crippen LogP contribution in [-0.4, -0.2) is 35.4 Å². The lowest BCUT2D eigenvalue weighted by molar-refractivity contribution is -0.151. The molecule has 0 unspecified atom stereocenters. The van der Waals surface area contributed by atoms with Crippen molar-refractivity contribution in [3.05, 3.63) is 11.1 Å². The quantitative estimate of drug-likeness (QED) is 0.371. The number of cyclic esters (lactones) is 2. The second-order valence-corrected chi connectivity index (χ2v) is 1.95. The van der Waals surface area contributed by atoms with E-state index in [0.717, 1.165) is 0 Å². The number of carbonyl (C=O) groups is 2. The molecule has 0 radical (unpaired) electrons. The number of carbonyl (C=O) groups excluding carboxylic acids is 2. The van der Waals surface area contributed by atoms with E-state index < -0.39 is 25.2 Å². The van der Waals surface area contributed by atoms with E-state index in [1.54, 1.807) is 0 Å². The minimum atomic E-state index is -0.874. The first kappa shape index (κ1) is 7.90. The molecule has 1 rings (SSSR count). The molecule has 1 aliphatic rings. The zero-order valence-electron chi connectivity index (χ0n) is 5.53. The Morgan fingerprint density at radius 2 is 1.36 bits per heavy atom. The van der Waals surface area contributed by atoms with E-state index in [4.69, 9.17) is 10.2 Å². The minimum absolute atomic E-state index is 0.155. The molecule has 2 N–H and O–H groups in total. The summed E-state index contributed by atoms with van der Waals surface area (Å²) in [7, 11) is 0. The van der Waals surface area contributed by atoms with Crippen LogP contribution in [0.3, 0.4) is 0 Å². The smallest absolute Gasteiger partial charge is 0.344 e. The van der Waals surface area contributed by atoms with Gasteiger partial charge < -0.3 is 14.9 Å². The zero-order valence-corrected chi connectivity index (χ0v) is 5.53. The van der Waals surface area contributed by atoms with Gasteiger partial charge in [-0.1, -0.05) is 0 Å². The molecule has 0 saturated carbocycles. The van der Waals surface area contributed by atoms with Crippen LogP contribution in [0, 0.1) is 0 Å². The summed E-state index contributed by atoms with van der Waals surface area (Å²) in [5.74, 6) is -1.75. The SMILES string of the molecule is O=C1OC(=O)C(CO)=C1CO. The molecule has 0 aromatic rings. The highest BCUT2D eigenvalue weighted by atomic mass is 16.6. The summed E-state index contributed by atoms with van der Waals surface area (Å²) in [5.41, 5.74) is -0.310. The maximum absolute atomic E-state index is 10.6. The van der Waals surface area contributed by atoms with E-state index in [1.165, 1.54) is 0 Å². The molecule has 1 aliphatic heterocycles. The van der Waals surface area contributed by atoms with Crippen LogP contribution in [0.5, 0.6) is 0 Å². The van der Waals surface area contributed by atoms with Crippen molar-refractivity contribution >= 4 is 11.9 Å². The standard InChI is InChI=1S/C6H6O5/c7-1-3-4(2-8)6(10)11-5(3)9/h7-8H,1-2H2. The lowest BCUT2D eigenvalue weighted by Crippen LogP contribution is -2.03. The van der Waals surface area contributed by atoms with Gasteiger partial charge in [0.15, 0.2) is 0 Å². The maximum atomic E-state index is 10.6. The Morgan fingerprint density at radius 1 is 1.00 bits per heavy atom. The molecule has 11 heavy (non-hydrogen) atoms. The Labute approximate surface area is 61.9 Å². The van der Waals surface area contributed by atoms with Crippen molar-refractivity contribution in [3.8, 4) is 0 Å². The Kier molecular flexibility index (Phi) is 2.02. The van der Waals surface area contributed by atoms with Crippen LogP contribution in [-0.2, 0) is 14.3 Å². The third-order valence-electron chi connectivity index (χ3n) is 1.36. The number of ether oxygens (including phenoxy) is 1. The van der Waals surface area contributed by atoms with E-state index in [-0.39, 0.29) is 11.1 Å². The molecule has 1 heterocycles. The fourth-order valence-corrected chi connectivity index (χ4v) is 0.774. The number of aliphatic hydroxyl groups is 2. The van der Waals surface area contributed by atoms with Crippen molar-refractivity contribution in [1.82, 2.24) is 0 Å². The van der Waals surface area contributed by atoms with Crippen LogP contribution in [0.1, 0.15) is 0 Å². The molecule has 0 aromatic carbocycles. The van der Waals surface area contributed by atoms with E-state index in [2.05, 4.69) is 4.74 Å². The van der Waals surface area contributed by atoms with Crippen molar-refractivity contribution in [2.24, 2.45) is 0 Å². The molecule has 0 bridgehead atoms. The van der Waals surface area contributed by atoms with Gasteiger partial charge in [-0.2, -0.15) is 0 Å². The summed E-state index contributed by atoms with van der Waals surface area (Å²) in [6.07, 6.45) is 0. The highest BCUT2D eigenvalue weighted by Gasteiger charge is 2.31. The molecule has 0 saturated heterocycles. The van der Waals surface area contributed by atoms with Crippen LogP contribution < -0.4 is 0 Å². The van der Waals surface area contributed by atoms with Gasteiger partial charge in [-0.3, -0.25) is 0 Å². The normalized spacial score (nSPS) is 17.6. The van der Waals surface area contributed by atoms with Gasteiger partial charge in [0.1, 0.15) is 0 Å². The highest BCUT2D eigenvalue weighted by Crippen LogP contribution is 2.15. The molecule has 5 heteroatoms. The van der Waals surface area contributed by atoms with E-state index >= 15 is 0 Å². The van der Waals surface area contributed by atoms with Gasteiger partial charge in [-0.25, -0.2) is 9.59 Å². The van der Waals surface area contributed by atoms with E-state index in [0.29, 0.717) is 0 Å². The molecular weight excluding hydrogens is 152 g/mol. The minimum Gasteiger partial charge on any atom is -0.391 e. The predicted octanol–water partition coefficient (Wildman–Crippen LogP) is -1.65. The summed E-state index contributed by atoms with van der Waals surface area (Å²) in [5, 5.41) is 17.1. The molecule has 5 nitrogen and oxygen atoms in total. The second kappa shape index (κ2) is 2.81. The summed E-state index contributed by atoms with van der Waals surface area (Å²) >= 11 is 0. The Morgan fingerprint density at radius 3 is 1.64 bits per heavy atom. The van der Waals surface area contributed by atoms with Gasteiger partial charge in [0.2, 0.25) is 0 Å². The van der Waals surface area contributed by atoms with Crippen molar-refractivity contribution in [3.63, 3.8) is 0 Å². The first-order valence-electron chi connectivity index (χ1n) is 2.91. The first-order valence-corrected chi connectivity index (χ1v) is 2.91. The van der Waals surface area contributed by atoms with Gasteiger partial charge in [-0.05, 0) is 0 Å². The predicted molar refractivity (Wildman–Crippen MR) is 32.3 cm³/mol. The average Bonchev–Trinajstić information content (AvgIpc) is 2.24. The number of rotatable bonds is 2. The third kappa shape index (κ3) is 1.15. The molecule has 0 aromatic heterocycles. The summed E-state index contributed by atoms with van der Waals surface area (Å²) < 4.78 is 4.10. The van der Waals surface area contributed by atoms with Crippen LogP contribution >= 0.6 is 0 Å². The van der Waals surface area contributed by atoms with Gasteiger partial charge in [0, 0.05) is 0 Å². The summed E-state index contributed by atoms with van der Waals surface area (Å²) in [6.45, 7) is -1.17. The summed E-state index contributed by atoms with van der Waals surface area (Å²) in [4.78, 5) is 21.2. The van der Waals surface area contributed by atoms with Crippen LogP contribution in [0.25, 0.3) is 0 Å². The Bertz CT molecular complexity index is 215. The Hall–Kier alpha value is -1.20.